The lowest BCUT2D eigenvalue weighted by Gasteiger charge is -2.13. The summed E-state index contributed by atoms with van der Waals surface area (Å²) in [7, 11) is 1.65. The summed E-state index contributed by atoms with van der Waals surface area (Å²) >= 11 is 0. The van der Waals surface area contributed by atoms with Gasteiger partial charge in [0.2, 0.25) is 11.8 Å². The predicted octanol–water partition coefficient (Wildman–Crippen LogP) is 1.35. The lowest BCUT2D eigenvalue weighted by molar-refractivity contribution is 0.178. The van der Waals surface area contributed by atoms with Crippen LogP contribution in [0, 0.1) is 6.92 Å². The molecule has 0 saturated carbocycles. The topological polar surface area (TPSA) is 82.3 Å². The van der Waals surface area contributed by atoms with Crippen LogP contribution in [0.5, 0.6) is 5.88 Å². The van der Waals surface area contributed by atoms with Crippen molar-refractivity contribution in [1.82, 2.24) is 9.97 Å². The molecule has 0 spiro atoms. The molecule has 0 bridgehead atoms. The van der Waals surface area contributed by atoms with Crippen molar-refractivity contribution in [3.8, 4) is 5.88 Å². The van der Waals surface area contributed by atoms with Crippen molar-refractivity contribution < 1.29 is 9.47 Å². The number of hydrogen-bond acceptors (Lipinski definition) is 6. The first-order chi connectivity index (χ1) is 9.01. The van der Waals surface area contributed by atoms with Crippen LogP contribution in [-0.2, 0) is 4.74 Å². The summed E-state index contributed by atoms with van der Waals surface area (Å²) in [6.07, 6.45) is 0.892. The molecule has 0 aliphatic heterocycles. The zero-order chi connectivity index (χ0) is 14.3. The third-order valence-electron chi connectivity index (χ3n) is 2.37. The van der Waals surface area contributed by atoms with Crippen molar-refractivity contribution >= 4 is 5.95 Å². The second-order valence-corrected chi connectivity index (χ2v) is 4.77. The van der Waals surface area contributed by atoms with Gasteiger partial charge in [0.05, 0.1) is 12.7 Å². The minimum atomic E-state index is 0.0219. The zero-order valence-electron chi connectivity index (χ0n) is 12.1. The molecule has 0 aliphatic carbocycles. The van der Waals surface area contributed by atoms with Crippen LogP contribution in [0.2, 0.25) is 0 Å². The van der Waals surface area contributed by atoms with Crippen LogP contribution in [-0.4, -0.2) is 42.4 Å². The predicted molar refractivity (Wildman–Crippen MR) is 75.5 cm³/mol. The highest BCUT2D eigenvalue weighted by molar-refractivity contribution is 5.30. The summed E-state index contributed by atoms with van der Waals surface area (Å²) in [4.78, 5) is 8.61. The van der Waals surface area contributed by atoms with Gasteiger partial charge in [-0.05, 0) is 27.2 Å². The molecule has 0 aliphatic rings. The number of methoxy groups -OCH3 is 1. The third kappa shape index (κ3) is 6.35. The van der Waals surface area contributed by atoms with Crippen molar-refractivity contribution in [2.24, 2.45) is 5.73 Å². The summed E-state index contributed by atoms with van der Waals surface area (Å²) in [6, 6.07) is 1.84. The molecule has 3 N–H and O–H groups in total. The summed E-state index contributed by atoms with van der Waals surface area (Å²) in [6.45, 7) is 7.10. The Labute approximate surface area is 114 Å². The maximum atomic E-state index is 5.84. The summed E-state index contributed by atoms with van der Waals surface area (Å²) in [5, 5.41) is 3.15. The molecule has 0 aromatic carbocycles. The minimum Gasteiger partial charge on any atom is -0.475 e. The van der Waals surface area contributed by atoms with E-state index in [0.717, 1.165) is 12.1 Å². The van der Waals surface area contributed by atoms with Crippen LogP contribution in [0.4, 0.5) is 5.95 Å². The molecule has 6 nitrogen and oxygen atoms in total. The van der Waals surface area contributed by atoms with Crippen LogP contribution in [0.15, 0.2) is 6.07 Å². The molecule has 0 fully saturated rings. The highest BCUT2D eigenvalue weighted by Gasteiger charge is 2.06. The van der Waals surface area contributed by atoms with Crippen molar-refractivity contribution in [3.05, 3.63) is 11.8 Å². The quantitative estimate of drug-likeness (QED) is 0.740. The number of hydrogen-bond donors (Lipinski definition) is 2. The van der Waals surface area contributed by atoms with Crippen LogP contribution >= 0.6 is 0 Å². The Kier molecular flexibility index (Phi) is 6.52. The van der Waals surface area contributed by atoms with E-state index in [1.165, 1.54) is 0 Å². The van der Waals surface area contributed by atoms with Gasteiger partial charge in [0.1, 0.15) is 0 Å². The molecule has 1 aromatic rings. The maximum Gasteiger partial charge on any atom is 0.226 e. The van der Waals surface area contributed by atoms with Gasteiger partial charge in [0.15, 0.2) is 0 Å². The lowest BCUT2D eigenvalue weighted by atomic mass is 10.2. The molecular weight excluding hydrogens is 244 g/mol. The molecule has 19 heavy (non-hydrogen) atoms. The van der Waals surface area contributed by atoms with Crippen LogP contribution in [0.1, 0.15) is 26.0 Å². The molecule has 108 valence electrons. The number of nitrogens with two attached hydrogens (primary N) is 1. The second-order valence-electron chi connectivity index (χ2n) is 4.77. The largest absolute Gasteiger partial charge is 0.475 e. The Morgan fingerprint density at radius 3 is 2.74 bits per heavy atom. The van der Waals surface area contributed by atoms with E-state index in [1.807, 2.05) is 26.8 Å². The van der Waals surface area contributed by atoms with E-state index < -0.39 is 0 Å². The molecule has 0 saturated heterocycles. The molecule has 0 amide bonds. The van der Waals surface area contributed by atoms with Crippen LogP contribution in [0.3, 0.4) is 0 Å². The molecule has 0 radical (unpaired) electrons. The molecule has 1 atom stereocenters. The molecule has 1 heterocycles. The van der Waals surface area contributed by atoms with E-state index in [2.05, 4.69) is 15.3 Å². The number of aromatic nitrogens is 2. The van der Waals surface area contributed by atoms with Gasteiger partial charge in [0, 0.05) is 31.5 Å². The Balaban J connectivity index is 2.51. The normalized spacial score (nSPS) is 12.5. The van der Waals surface area contributed by atoms with Crippen molar-refractivity contribution in [2.75, 3.05) is 25.6 Å². The number of nitrogens with zero attached hydrogens (tertiary/aromatic N) is 2. The summed E-state index contributed by atoms with van der Waals surface area (Å²) in [5.41, 5.74) is 6.71. The van der Waals surface area contributed by atoms with E-state index in [-0.39, 0.29) is 12.1 Å². The number of anilines is 1. The van der Waals surface area contributed by atoms with Gasteiger partial charge in [0.25, 0.3) is 0 Å². The Morgan fingerprint density at radius 2 is 2.11 bits per heavy atom. The second kappa shape index (κ2) is 7.91. The van der Waals surface area contributed by atoms with E-state index in [4.69, 9.17) is 15.2 Å². The van der Waals surface area contributed by atoms with Gasteiger partial charge in [-0.2, -0.15) is 4.98 Å². The monoisotopic (exact) mass is 268 g/mol. The lowest BCUT2D eigenvalue weighted by Crippen LogP contribution is -2.28. The van der Waals surface area contributed by atoms with Crippen molar-refractivity contribution in [2.45, 2.75) is 39.3 Å². The fourth-order valence-electron chi connectivity index (χ4n) is 1.59. The zero-order valence-corrected chi connectivity index (χ0v) is 12.1. The molecule has 1 aromatic heterocycles. The summed E-state index contributed by atoms with van der Waals surface area (Å²) in [5.74, 6) is 1.16. The van der Waals surface area contributed by atoms with Gasteiger partial charge in [-0.3, -0.25) is 0 Å². The highest BCUT2D eigenvalue weighted by Crippen LogP contribution is 2.13. The fourth-order valence-corrected chi connectivity index (χ4v) is 1.59. The standard InChI is InChI=1S/C13H24N4O2/c1-9(2)19-12-7-10(3)16-13(17-12)15-6-5-11(14)8-18-4/h7,9,11H,5-6,8,14H2,1-4H3,(H,15,16,17). The smallest absolute Gasteiger partial charge is 0.226 e. The Hall–Kier alpha value is -1.40. The number of ether oxygens (including phenoxy) is 2. The van der Waals surface area contributed by atoms with Gasteiger partial charge in [-0.1, -0.05) is 0 Å². The van der Waals surface area contributed by atoms with Crippen molar-refractivity contribution in [3.63, 3.8) is 0 Å². The van der Waals surface area contributed by atoms with E-state index >= 15 is 0 Å². The molecule has 6 heteroatoms. The van der Waals surface area contributed by atoms with Crippen LogP contribution < -0.4 is 15.8 Å². The van der Waals surface area contributed by atoms with Crippen molar-refractivity contribution in [1.29, 1.82) is 0 Å². The van der Waals surface area contributed by atoms with E-state index in [9.17, 15) is 0 Å². The Morgan fingerprint density at radius 1 is 1.37 bits per heavy atom. The van der Waals surface area contributed by atoms with Gasteiger partial charge >= 0.3 is 0 Å². The van der Waals surface area contributed by atoms with Gasteiger partial charge in [-0.15, -0.1) is 0 Å². The molecular formula is C13H24N4O2. The first-order valence-corrected chi connectivity index (χ1v) is 6.52. The first-order valence-electron chi connectivity index (χ1n) is 6.52. The van der Waals surface area contributed by atoms with Crippen LogP contribution in [0.25, 0.3) is 0 Å². The first kappa shape index (κ1) is 15.7. The molecule has 1 rings (SSSR count). The van der Waals surface area contributed by atoms with E-state index in [1.54, 1.807) is 7.11 Å². The third-order valence-corrected chi connectivity index (χ3v) is 2.37. The SMILES string of the molecule is COCC(N)CCNc1nc(C)cc(OC(C)C)n1. The molecule has 1 unspecified atom stereocenters. The number of nitrogens with one attached hydrogen (secondary N) is 1. The van der Waals surface area contributed by atoms with Gasteiger partial charge in [-0.25, -0.2) is 4.98 Å². The fraction of sp³-hybridized carbons (Fsp3) is 0.692. The van der Waals surface area contributed by atoms with E-state index in [0.29, 0.717) is 25.0 Å². The number of rotatable bonds is 8. The highest BCUT2D eigenvalue weighted by atomic mass is 16.5. The average Bonchev–Trinajstić information content (AvgIpc) is 2.27. The summed E-state index contributed by atoms with van der Waals surface area (Å²) < 4.78 is 10.6. The van der Waals surface area contributed by atoms with Gasteiger partial charge < -0.3 is 20.5 Å². The maximum absolute atomic E-state index is 5.84. The number of aryl methyl sites for hydroxylation is 1. The average molecular weight is 268 g/mol. The Bertz CT molecular complexity index is 385. The minimum absolute atomic E-state index is 0.0219.